The molecule has 0 radical (unpaired) electrons. The molecule has 1 aliphatic heterocycles. The topological polar surface area (TPSA) is 15.3 Å². The monoisotopic (exact) mass is 264 g/mol. The summed E-state index contributed by atoms with van der Waals surface area (Å²) in [5.74, 6) is 0.493. The molecule has 106 valence electrons. The van der Waals surface area contributed by atoms with Gasteiger partial charge >= 0.3 is 0 Å². The molecule has 1 aliphatic rings. The molecule has 2 nitrogen and oxygen atoms in total. The second-order valence-electron chi connectivity index (χ2n) is 5.73. The molecule has 0 amide bonds. The van der Waals surface area contributed by atoms with Crippen molar-refractivity contribution in [1.82, 2.24) is 10.2 Å². The lowest BCUT2D eigenvalue weighted by molar-refractivity contribution is 0.199. The highest BCUT2D eigenvalue weighted by atomic mass is 19.1. The average molecular weight is 264 g/mol. The van der Waals surface area contributed by atoms with Gasteiger partial charge in [0.05, 0.1) is 0 Å². The highest BCUT2D eigenvalue weighted by molar-refractivity contribution is 5.15. The Bertz CT molecular complexity index is 375. The SMILES string of the molecule is CC(CNCc1cccc(F)c1)CN1CCCCC1. The minimum absolute atomic E-state index is 0.152. The van der Waals surface area contributed by atoms with Crippen molar-refractivity contribution in [1.29, 1.82) is 0 Å². The van der Waals surface area contributed by atoms with Gasteiger partial charge in [0.1, 0.15) is 5.82 Å². The number of nitrogens with zero attached hydrogens (tertiary/aromatic N) is 1. The van der Waals surface area contributed by atoms with E-state index >= 15 is 0 Å². The highest BCUT2D eigenvalue weighted by Gasteiger charge is 2.12. The first-order valence-electron chi connectivity index (χ1n) is 7.41. The second-order valence-corrected chi connectivity index (χ2v) is 5.73. The number of nitrogens with one attached hydrogen (secondary N) is 1. The summed E-state index contributed by atoms with van der Waals surface area (Å²) in [6, 6.07) is 6.82. The number of benzene rings is 1. The summed E-state index contributed by atoms with van der Waals surface area (Å²) in [7, 11) is 0. The number of halogens is 1. The van der Waals surface area contributed by atoms with Crippen molar-refractivity contribution >= 4 is 0 Å². The normalized spacial score (nSPS) is 18.4. The van der Waals surface area contributed by atoms with Crippen molar-refractivity contribution in [3.63, 3.8) is 0 Å². The lowest BCUT2D eigenvalue weighted by atomic mass is 10.1. The molecule has 1 fully saturated rings. The van der Waals surface area contributed by atoms with Crippen LogP contribution in [0.25, 0.3) is 0 Å². The Morgan fingerprint density at radius 1 is 1.26 bits per heavy atom. The zero-order chi connectivity index (χ0) is 13.5. The Labute approximate surface area is 116 Å². The molecule has 2 rings (SSSR count). The quantitative estimate of drug-likeness (QED) is 0.849. The Morgan fingerprint density at radius 2 is 2.05 bits per heavy atom. The van der Waals surface area contributed by atoms with Crippen LogP contribution in [0.4, 0.5) is 4.39 Å². The van der Waals surface area contributed by atoms with Crippen LogP contribution in [0.3, 0.4) is 0 Å². The number of rotatable bonds is 6. The van der Waals surface area contributed by atoms with Gasteiger partial charge in [0.25, 0.3) is 0 Å². The van der Waals surface area contributed by atoms with Crippen LogP contribution in [-0.4, -0.2) is 31.1 Å². The van der Waals surface area contributed by atoms with Gasteiger partial charge in [-0.2, -0.15) is 0 Å². The predicted octanol–water partition coefficient (Wildman–Crippen LogP) is 3.04. The molecule has 1 heterocycles. The van der Waals surface area contributed by atoms with Crippen LogP contribution < -0.4 is 5.32 Å². The van der Waals surface area contributed by atoms with Gasteiger partial charge in [0, 0.05) is 13.1 Å². The van der Waals surface area contributed by atoms with Gasteiger partial charge in [-0.25, -0.2) is 4.39 Å². The van der Waals surface area contributed by atoms with E-state index in [1.54, 1.807) is 12.1 Å². The maximum Gasteiger partial charge on any atom is 0.123 e. The molecule has 0 saturated carbocycles. The van der Waals surface area contributed by atoms with Crippen LogP contribution >= 0.6 is 0 Å². The van der Waals surface area contributed by atoms with Crippen molar-refractivity contribution in [2.24, 2.45) is 5.92 Å². The molecule has 1 unspecified atom stereocenters. The summed E-state index contributed by atoms with van der Waals surface area (Å²) in [6.45, 7) is 7.72. The third-order valence-corrected chi connectivity index (χ3v) is 3.73. The molecule has 1 aromatic rings. The Kier molecular flexibility index (Phi) is 5.80. The lowest BCUT2D eigenvalue weighted by Gasteiger charge is -2.29. The van der Waals surface area contributed by atoms with E-state index in [1.807, 2.05) is 6.07 Å². The second kappa shape index (κ2) is 7.61. The zero-order valence-electron chi connectivity index (χ0n) is 11.9. The standard InChI is InChI=1S/C16H25FN2/c1-14(13-19-8-3-2-4-9-19)11-18-12-15-6-5-7-16(17)10-15/h5-7,10,14,18H,2-4,8-9,11-13H2,1H3. The first-order valence-corrected chi connectivity index (χ1v) is 7.41. The third-order valence-electron chi connectivity index (χ3n) is 3.73. The molecule has 1 saturated heterocycles. The Morgan fingerprint density at radius 3 is 2.79 bits per heavy atom. The molecule has 0 aromatic heterocycles. The number of piperidine rings is 1. The van der Waals surface area contributed by atoms with E-state index in [1.165, 1.54) is 45.0 Å². The average Bonchev–Trinajstić information content (AvgIpc) is 2.40. The molecule has 0 aliphatic carbocycles. The molecule has 1 aromatic carbocycles. The third kappa shape index (κ3) is 5.29. The van der Waals surface area contributed by atoms with Crippen molar-refractivity contribution in [2.75, 3.05) is 26.2 Å². The molecular weight excluding hydrogens is 239 g/mol. The molecule has 19 heavy (non-hydrogen) atoms. The zero-order valence-corrected chi connectivity index (χ0v) is 11.9. The molecule has 0 spiro atoms. The first-order chi connectivity index (χ1) is 9.24. The minimum atomic E-state index is -0.152. The summed E-state index contributed by atoms with van der Waals surface area (Å²) in [5, 5.41) is 3.42. The van der Waals surface area contributed by atoms with E-state index in [9.17, 15) is 4.39 Å². The Balaban J connectivity index is 1.64. The maximum absolute atomic E-state index is 13.0. The van der Waals surface area contributed by atoms with Gasteiger partial charge in [-0.1, -0.05) is 25.5 Å². The van der Waals surface area contributed by atoms with Crippen molar-refractivity contribution in [3.05, 3.63) is 35.6 Å². The number of hydrogen-bond donors (Lipinski definition) is 1. The van der Waals surface area contributed by atoms with Gasteiger partial charge in [0.2, 0.25) is 0 Å². The molecular formula is C16H25FN2. The van der Waals surface area contributed by atoms with Crippen LogP contribution in [0.2, 0.25) is 0 Å². The fraction of sp³-hybridized carbons (Fsp3) is 0.625. The van der Waals surface area contributed by atoms with Crippen LogP contribution in [0, 0.1) is 11.7 Å². The molecule has 3 heteroatoms. The lowest BCUT2D eigenvalue weighted by Crippen LogP contribution is -2.36. The molecule has 1 atom stereocenters. The van der Waals surface area contributed by atoms with E-state index in [-0.39, 0.29) is 5.82 Å². The van der Waals surface area contributed by atoms with Gasteiger partial charge in [-0.05, 0) is 56.1 Å². The van der Waals surface area contributed by atoms with Crippen LogP contribution in [-0.2, 0) is 6.54 Å². The smallest absolute Gasteiger partial charge is 0.123 e. The molecule has 0 bridgehead atoms. The van der Waals surface area contributed by atoms with Crippen molar-refractivity contribution in [2.45, 2.75) is 32.7 Å². The van der Waals surface area contributed by atoms with E-state index in [2.05, 4.69) is 17.1 Å². The summed E-state index contributed by atoms with van der Waals surface area (Å²) in [5.41, 5.74) is 1.02. The van der Waals surface area contributed by atoms with E-state index < -0.39 is 0 Å². The summed E-state index contributed by atoms with van der Waals surface area (Å²) < 4.78 is 13.0. The van der Waals surface area contributed by atoms with Crippen LogP contribution in [0.1, 0.15) is 31.7 Å². The maximum atomic E-state index is 13.0. The summed E-state index contributed by atoms with van der Waals surface area (Å²) in [6.07, 6.45) is 4.09. The van der Waals surface area contributed by atoms with E-state index in [0.717, 1.165) is 18.7 Å². The largest absolute Gasteiger partial charge is 0.312 e. The number of likely N-dealkylation sites (tertiary alicyclic amines) is 1. The van der Waals surface area contributed by atoms with Gasteiger partial charge in [0.15, 0.2) is 0 Å². The molecule has 1 N–H and O–H groups in total. The fourth-order valence-corrected chi connectivity index (χ4v) is 2.76. The summed E-state index contributed by atoms with van der Waals surface area (Å²) in [4.78, 5) is 2.57. The van der Waals surface area contributed by atoms with Crippen LogP contribution in [0.15, 0.2) is 24.3 Å². The minimum Gasteiger partial charge on any atom is -0.312 e. The Hall–Kier alpha value is -0.930. The number of hydrogen-bond acceptors (Lipinski definition) is 2. The predicted molar refractivity (Wildman–Crippen MR) is 77.6 cm³/mol. The van der Waals surface area contributed by atoms with E-state index in [0.29, 0.717) is 5.92 Å². The van der Waals surface area contributed by atoms with Crippen molar-refractivity contribution in [3.8, 4) is 0 Å². The van der Waals surface area contributed by atoms with Gasteiger partial charge in [-0.3, -0.25) is 0 Å². The van der Waals surface area contributed by atoms with Gasteiger partial charge in [-0.15, -0.1) is 0 Å². The highest BCUT2D eigenvalue weighted by Crippen LogP contribution is 2.10. The van der Waals surface area contributed by atoms with E-state index in [4.69, 9.17) is 0 Å². The fourth-order valence-electron chi connectivity index (χ4n) is 2.76. The van der Waals surface area contributed by atoms with Crippen molar-refractivity contribution < 1.29 is 4.39 Å². The summed E-state index contributed by atoms with van der Waals surface area (Å²) >= 11 is 0. The first kappa shape index (κ1) is 14.5. The van der Waals surface area contributed by atoms with Crippen LogP contribution in [0.5, 0.6) is 0 Å². The van der Waals surface area contributed by atoms with Gasteiger partial charge < -0.3 is 10.2 Å².